The minimum Gasteiger partial charge on any atom is -0.496 e. The van der Waals surface area contributed by atoms with Gasteiger partial charge in [-0.05, 0) is 42.8 Å². The van der Waals surface area contributed by atoms with E-state index in [2.05, 4.69) is 5.32 Å². The first-order valence-corrected chi connectivity index (χ1v) is 10.2. The highest BCUT2D eigenvalue weighted by atomic mass is 35.5. The number of nitrogens with one attached hydrogen (secondary N) is 1. The van der Waals surface area contributed by atoms with Crippen LogP contribution in [0.4, 0.5) is 11.4 Å². The topological polar surface area (TPSA) is 58.6 Å². The Balaban J connectivity index is 1.88. The first-order chi connectivity index (χ1) is 14.9. The molecule has 5 nitrogen and oxygen atoms in total. The van der Waals surface area contributed by atoms with Crippen molar-refractivity contribution in [3.8, 4) is 5.75 Å². The van der Waals surface area contributed by atoms with Crippen molar-refractivity contribution in [1.82, 2.24) is 0 Å². The number of anilines is 2. The Morgan fingerprint density at radius 3 is 2.29 bits per heavy atom. The fourth-order valence-corrected chi connectivity index (χ4v) is 3.81. The van der Waals surface area contributed by atoms with Crippen LogP contribution >= 0.6 is 23.2 Å². The molecule has 7 heteroatoms. The molecule has 1 N–H and O–H groups in total. The van der Waals surface area contributed by atoms with Gasteiger partial charge in [0.15, 0.2) is 0 Å². The number of benzene rings is 3. The quantitative estimate of drug-likeness (QED) is 0.503. The number of carbonyl (C=O) groups is 2. The van der Waals surface area contributed by atoms with E-state index in [4.69, 9.17) is 27.9 Å². The van der Waals surface area contributed by atoms with Crippen LogP contribution in [0, 0.1) is 6.92 Å². The lowest BCUT2D eigenvalue weighted by Crippen LogP contribution is -2.32. The fraction of sp³-hybridized carbons (Fsp3) is 0.0833. The number of amides is 2. The zero-order chi connectivity index (χ0) is 22.1. The maximum atomic E-state index is 13.5. The Morgan fingerprint density at radius 2 is 1.58 bits per heavy atom. The highest BCUT2D eigenvalue weighted by Gasteiger charge is 2.42. The molecule has 0 unspecified atom stereocenters. The number of aryl methyl sites for hydroxylation is 1. The van der Waals surface area contributed by atoms with E-state index in [9.17, 15) is 9.59 Å². The molecule has 156 valence electrons. The second-order valence-corrected chi connectivity index (χ2v) is 7.75. The molecule has 31 heavy (non-hydrogen) atoms. The monoisotopic (exact) mass is 452 g/mol. The number of methoxy groups -OCH3 is 1. The van der Waals surface area contributed by atoms with Gasteiger partial charge >= 0.3 is 0 Å². The van der Waals surface area contributed by atoms with Crippen LogP contribution < -0.4 is 15.0 Å². The van der Waals surface area contributed by atoms with Gasteiger partial charge in [-0.15, -0.1) is 0 Å². The van der Waals surface area contributed by atoms with Gasteiger partial charge in [0.1, 0.15) is 11.4 Å². The van der Waals surface area contributed by atoms with E-state index in [1.54, 1.807) is 60.7 Å². The molecule has 0 atom stereocenters. The molecule has 0 saturated heterocycles. The normalized spacial score (nSPS) is 13.7. The Morgan fingerprint density at radius 1 is 0.871 bits per heavy atom. The standard InChI is InChI=1S/C24H18Cl2N2O3/c1-14-11-12-15(13-18(14)26)27-22-21(16-7-3-6-10-20(16)31-2)23(29)28(24(22)30)19-9-5-4-8-17(19)25/h3-13,27H,1-2H3. The van der Waals surface area contributed by atoms with Gasteiger partial charge in [0.25, 0.3) is 11.8 Å². The third-order valence-corrected chi connectivity index (χ3v) is 5.72. The second kappa shape index (κ2) is 8.46. The van der Waals surface area contributed by atoms with Gasteiger partial charge in [-0.25, -0.2) is 4.90 Å². The fourth-order valence-electron chi connectivity index (χ4n) is 3.41. The molecule has 0 saturated carbocycles. The number of nitrogens with zero attached hydrogens (tertiary/aromatic N) is 1. The molecule has 0 fully saturated rings. The van der Waals surface area contributed by atoms with Gasteiger partial charge < -0.3 is 10.1 Å². The first kappa shape index (κ1) is 21.0. The average Bonchev–Trinajstić information content (AvgIpc) is 3.00. The number of rotatable bonds is 5. The molecule has 0 bridgehead atoms. The van der Waals surface area contributed by atoms with Crippen LogP contribution in [-0.2, 0) is 9.59 Å². The lowest BCUT2D eigenvalue weighted by atomic mass is 10.0. The number of halogens is 2. The minimum atomic E-state index is -0.518. The van der Waals surface area contributed by atoms with E-state index in [1.807, 2.05) is 13.0 Å². The molecule has 1 aliphatic heterocycles. The maximum Gasteiger partial charge on any atom is 0.282 e. The summed E-state index contributed by atoms with van der Waals surface area (Å²) in [6.45, 7) is 1.88. The third-order valence-electron chi connectivity index (χ3n) is 4.99. The van der Waals surface area contributed by atoms with Crippen LogP contribution in [-0.4, -0.2) is 18.9 Å². The SMILES string of the molecule is COc1ccccc1C1=C(Nc2ccc(C)c(Cl)c2)C(=O)N(c2ccccc2Cl)C1=O. The largest absolute Gasteiger partial charge is 0.496 e. The molecule has 1 aliphatic rings. The summed E-state index contributed by atoms with van der Waals surface area (Å²) in [6, 6.07) is 19.1. The van der Waals surface area contributed by atoms with E-state index in [1.165, 1.54) is 7.11 Å². The van der Waals surface area contributed by atoms with Crippen molar-refractivity contribution >= 4 is 52.0 Å². The zero-order valence-electron chi connectivity index (χ0n) is 16.8. The summed E-state index contributed by atoms with van der Waals surface area (Å²) in [4.78, 5) is 28.1. The van der Waals surface area contributed by atoms with Crippen molar-refractivity contribution in [3.63, 3.8) is 0 Å². The molecule has 1 heterocycles. The van der Waals surface area contributed by atoms with E-state index < -0.39 is 11.8 Å². The highest BCUT2D eigenvalue weighted by molar-refractivity contribution is 6.48. The van der Waals surface area contributed by atoms with Crippen LogP contribution in [0.3, 0.4) is 0 Å². The molecular formula is C24H18Cl2N2O3. The third kappa shape index (κ3) is 3.78. The number of carbonyl (C=O) groups excluding carboxylic acids is 2. The van der Waals surface area contributed by atoms with E-state index in [-0.39, 0.29) is 11.3 Å². The van der Waals surface area contributed by atoms with Gasteiger partial charge in [-0.3, -0.25) is 9.59 Å². The van der Waals surface area contributed by atoms with Crippen LogP contribution in [0.15, 0.2) is 72.4 Å². The predicted octanol–water partition coefficient (Wildman–Crippen LogP) is 5.71. The van der Waals surface area contributed by atoms with Crippen LogP contribution in [0.25, 0.3) is 5.57 Å². The lowest BCUT2D eigenvalue weighted by molar-refractivity contribution is -0.120. The second-order valence-electron chi connectivity index (χ2n) is 6.94. The number of hydrogen-bond acceptors (Lipinski definition) is 4. The predicted molar refractivity (Wildman–Crippen MR) is 124 cm³/mol. The van der Waals surface area contributed by atoms with Crippen molar-refractivity contribution in [2.24, 2.45) is 0 Å². The van der Waals surface area contributed by atoms with Crippen molar-refractivity contribution in [3.05, 3.63) is 93.6 Å². The Labute approximate surface area is 189 Å². The van der Waals surface area contributed by atoms with E-state index >= 15 is 0 Å². The smallest absolute Gasteiger partial charge is 0.282 e. The first-order valence-electron chi connectivity index (χ1n) is 9.46. The maximum absolute atomic E-state index is 13.5. The van der Waals surface area contributed by atoms with Gasteiger partial charge in [-0.2, -0.15) is 0 Å². The van der Waals surface area contributed by atoms with Crippen molar-refractivity contribution in [2.45, 2.75) is 6.92 Å². The van der Waals surface area contributed by atoms with Gasteiger partial charge in [-0.1, -0.05) is 59.6 Å². The Hall–Kier alpha value is -3.28. The number of para-hydroxylation sites is 2. The average molecular weight is 453 g/mol. The molecule has 2 amide bonds. The molecule has 3 aromatic carbocycles. The molecule has 0 aliphatic carbocycles. The van der Waals surface area contributed by atoms with Crippen molar-refractivity contribution in [2.75, 3.05) is 17.3 Å². The van der Waals surface area contributed by atoms with Gasteiger partial charge in [0, 0.05) is 16.3 Å². The summed E-state index contributed by atoms with van der Waals surface area (Å²) in [5.74, 6) is -0.542. The zero-order valence-corrected chi connectivity index (χ0v) is 18.3. The highest BCUT2D eigenvalue weighted by Crippen LogP contribution is 2.39. The molecule has 4 rings (SSSR count). The Bertz CT molecular complexity index is 1240. The number of imide groups is 1. The summed E-state index contributed by atoms with van der Waals surface area (Å²) in [6.07, 6.45) is 0. The molecule has 0 radical (unpaired) electrons. The summed E-state index contributed by atoms with van der Waals surface area (Å²) in [7, 11) is 1.51. The van der Waals surface area contributed by atoms with E-state index in [0.717, 1.165) is 10.5 Å². The van der Waals surface area contributed by atoms with Crippen molar-refractivity contribution in [1.29, 1.82) is 0 Å². The lowest BCUT2D eigenvalue weighted by Gasteiger charge is -2.17. The number of hydrogen-bond donors (Lipinski definition) is 1. The summed E-state index contributed by atoms with van der Waals surface area (Å²) in [5, 5.41) is 3.93. The molecule has 0 spiro atoms. The van der Waals surface area contributed by atoms with E-state index in [0.29, 0.717) is 32.7 Å². The van der Waals surface area contributed by atoms with Crippen LogP contribution in [0.1, 0.15) is 11.1 Å². The molecular weight excluding hydrogens is 435 g/mol. The minimum absolute atomic E-state index is 0.120. The number of ether oxygens (including phenoxy) is 1. The molecule has 0 aromatic heterocycles. The van der Waals surface area contributed by atoms with Crippen LogP contribution in [0.2, 0.25) is 10.0 Å². The molecule has 3 aromatic rings. The summed E-state index contributed by atoms with van der Waals surface area (Å²) >= 11 is 12.6. The van der Waals surface area contributed by atoms with Crippen molar-refractivity contribution < 1.29 is 14.3 Å². The Kier molecular flexibility index (Phi) is 5.72. The summed E-state index contributed by atoms with van der Waals surface area (Å²) < 4.78 is 5.45. The summed E-state index contributed by atoms with van der Waals surface area (Å²) in [5.41, 5.74) is 2.61. The van der Waals surface area contributed by atoms with Crippen LogP contribution in [0.5, 0.6) is 5.75 Å². The van der Waals surface area contributed by atoms with Gasteiger partial charge in [0.05, 0.1) is 23.4 Å². The van der Waals surface area contributed by atoms with Gasteiger partial charge in [0.2, 0.25) is 0 Å².